The lowest BCUT2D eigenvalue weighted by molar-refractivity contribution is -0.120. The van der Waals surface area contributed by atoms with Crippen molar-refractivity contribution >= 4 is 29.3 Å². The minimum Gasteiger partial charge on any atom is -0.383 e. The number of carbonyl (C=O) groups excluding carboxylic acids is 1. The number of amides is 1. The first-order valence-electron chi connectivity index (χ1n) is 8.63. The highest BCUT2D eigenvalue weighted by Crippen LogP contribution is 2.22. The molecular weight excluding hydrogens is 348 g/mol. The van der Waals surface area contributed by atoms with Gasteiger partial charge in [-0.3, -0.25) is 9.69 Å². The van der Waals surface area contributed by atoms with Crippen LogP contribution in [-0.2, 0) is 11.3 Å². The van der Waals surface area contributed by atoms with Gasteiger partial charge in [-0.1, -0.05) is 42.1 Å². The Morgan fingerprint density at radius 2 is 2.00 bits per heavy atom. The van der Waals surface area contributed by atoms with Gasteiger partial charge in [0.25, 0.3) is 0 Å². The fraction of sp³-hybridized carbons (Fsp3) is 0.389. The van der Waals surface area contributed by atoms with Crippen LogP contribution in [0.15, 0.2) is 41.6 Å². The summed E-state index contributed by atoms with van der Waals surface area (Å²) in [6.45, 7) is 4.59. The molecule has 26 heavy (non-hydrogen) atoms. The number of aromatic nitrogens is 2. The zero-order chi connectivity index (χ0) is 18.5. The topological polar surface area (TPSA) is 110 Å². The molecule has 3 rings (SSSR count). The summed E-state index contributed by atoms with van der Waals surface area (Å²) in [6, 6.07) is 12.0. The van der Waals surface area contributed by atoms with Crippen molar-refractivity contribution < 1.29 is 4.79 Å². The first-order chi connectivity index (χ1) is 12.5. The van der Waals surface area contributed by atoms with Crippen LogP contribution in [0.4, 0.5) is 11.6 Å². The largest absolute Gasteiger partial charge is 0.383 e. The maximum absolute atomic E-state index is 12.5. The normalized spacial score (nSPS) is 18.6. The van der Waals surface area contributed by atoms with Crippen LogP contribution >= 0.6 is 11.8 Å². The molecule has 2 aromatic rings. The minimum atomic E-state index is -0.320. The lowest BCUT2D eigenvalue weighted by Crippen LogP contribution is -2.40. The molecule has 0 aliphatic carbocycles. The molecule has 2 heterocycles. The van der Waals surface area contributed by atoms with Gasteiger partial charge in [0.05, 0.1) is 5.25 Å². The summed E-state index contributed by atoms with van der Waals surface area (Å²) in [5.74, 6) is 0.589. The predicted molar refractivity (Wildman–Crippen MR) is 104 cm³/mol. The second-order valence-corrected chi connectivity index (χ2v) is 7.78. The molecular formula is C18H24N6OS. The Kier molecular flexibility index (Phi) is 5.95. The van der Waals surface area contributed by atoms with Gasteiger partial charge in [-0.15, -0.1) is 0 Å². The smallest absolute Gasteiger partial charge is 0.233 e. The van der Waals surface area contributed by atoms with E-state index in [4.69, 9.17) is 11.5 Å². The van der Waals surface area contributed by atoms with Crippen LogP contribution in [0.2, 0.25) is 0 Å². The van der Waals surface area contributed by atoms with E-state index in [2.05, 4.69) is 44.5 Å². The zero-order valence-corrected chi connectivity index (χ0v) is 15.6. The van der Waals surface area contributed by atoms with Crippen LogP contribution in [0.25, 0.3) is 0 Å². The Hall–Kier alpha value is -2.32. The molecule has 5 N–H and O–H groups in total. The van der Waals surface area contributed by atoms with Crippen LogP contribution in [0.5, 0.6) is 0 Å². The monoisotopic (exact) mass is 372 g/mol. The molecule has 1 fully saturated rings. The summed E-state index contributed by atoms with van der Waals surface area (Å²) in [4.78, 5) is 23.0. The van der Waals surface area contributed by atoms with E-state index in [0.717, 1.165) is 26.1 Å². The summed E-state index contributed by atoms with van der Waals surface area (Å²) < 4.78 is 0. The van der Waals surface area contributed by atoms with Gasteiger partial charge in [0.15, 0.2) is 5.16 Å². The Morgan fingerprint density at radius 3 is 2.69 bits per heavy atom. The Morgan fingerprint density at radius 1 is 1.31 bits per heavy atom. The maximum atomic E-state index is 12.5. The van der Waals surface area contributed by atoms with Crippen LogP contribution in [0.1, 0.15) is 18.9 Å². The van der Waals surface area contributed by atoms with Crippen molar-refractivity contribution in [2.24, 2.45) is 0 Å². The number of carbonyl (C=O) groups is 1. The summed E-state index contributed by atoms with van der Waals surface area (Å²) in [7, 11) is 0. The third-order valence-corrected chi connectivity index (χ3v) is 5.23. The average Bonchev–Trinajstić information content (AvgIpc) is 3.01. The average molecular weight is 372 g/mol. The molecule has 0 saturated carbocycles. The van der Waals surface area contributed by atoms with E-state index < -0.39 is 0 Å². The predicted octanol–water partition coefficient (Wildman–Crippen LogP) is 1.51. The number of nitrogen functional groups attached to an aromatic ring is 2. The minimum absolute atomic E-state index is 0.0221. The molecule has 0 bridgehead atoms. The standard InChI is InChI=1S/C18H24N6OS/c1-12(26-18-22-15(19)9-16(20)23-18)17(25)21-14-7-8-24(11-14)10-13-5-3-2-4-6-13/h2-6,9,12,14H,7-8,10-11H2,1H3,(H,21,25)(H4,19,20,22,23)/t12-,14-/m1/s1. The fourth-order valence-corrected chi connectivity index (χ4v) is 3.79. The van der Waals surface area contributed by atoms with Gasteiger partial charge in [0.2, 0.25) is 5.91 Å². The van der Waals surface area contributed by atoms with Crippen molar-refractivity contribution in [2.75, 3.05) is 24.6 Å². The number of nitrogens with two attached hydrogens (primary N) is 2. The molecule has 1 amide bonds. The van der Waals surface area contributed by atoms with E-state index in [1.54, 1.807) is 0 Å². The van der Waals surface area contributed by atoms with Gasteiger partial charge in [0.1, 0.15) is 11.6 Å². The van der Waals surface area contributed by atoms with Crippen LogP contribution in [-0.4, -0.2) is 45.2 Å². The molecule has 1 aliphatic heterocycles. The number of hydrogen-bond donors (Lipinski definition) is 3. The number of thioether (sulfide) groups is 1. The number of benzene rings is 1. The van der Waals surface area contributed by atoms with E-state index in [0.29, 0.717) is 16.8 Å². The van der Waals surface area contributed by atoms with Crippen molar-refractivity contribution in [1.29, 1.82) is 0 Å². The summed E-state index contributed by atoms with van der Waals surface area (Å²) >= 11 is 1.26. The molecule has 7 nitrogen and oxygen atoms in total. The van der Waals surface area contributed by atoms with Crippen molar-refractivity contribution in [3.05, 3.63) is 42.0 Å². The van der Waals surface area contributed by atoms with Gasteiger partial charge >= 0.3 is 0 Å². The summed E-state index contributed by atoms with van der Waals surface area (Å²) in [5, 5.41) is 3.22. The number of hydrogen-bond acceptors (Lipinski definition) is 7. The highest BCUT2D eigenvalue weighted by atomic mass is 32.2. The Balaban J connectivity index is 1.48. The molecule has 1 aromatic heterocycles. The van der Waals surface area contributed by atoms with E-state index in [9.17, 15) is 4.79 Å². The SMILES string of the molecule is C[C@@H](Sc1nc(N)cc(N)n1)C(=O)N[C@@H]1CCN(Cc2ccccc2)C1. The molecule has 0 radical (unpaired) electrons. The Labute approximate surface area is 157 Å². The van der Waals surface area contributed by atoms with Crippen molar-refractivity contribution in [2.45, 2.75) is 36.3 Å². The van der Waals surface area contributed by atoms with Crippen LogP contribution < -0.4 is 16.8 Å². The third-order valence-electron chi connectivity index (χ3n) is 4.26. The number of nitrogens with one attached hydrogen (secondary N) is 1. The number of nitrogens with zero attached hydrogens (tertiary/aromatic N) is 3. The zero-order valence-electron chi connectivity index (χ0n) is 14.8. The maximum Gasteiger partial charge on any atom is 0.233 e. The van der Waals surface area contributed by atoms with E-state index in [-0.39, 0.29) is 17.2 Å². The van der Waals surface area contributed by atoms with E-state index >= 15 is 0 Å². The van der Waals surface area contributed by atoms with Gasteiger partial charge in [-0.2, -0.15) is 0 Å². The molecule has 8 heteroatoms. The second-order valence-electron chi connectivity index (χ2n) is 6.48. The highest BCUT2D eigenvalue weighted by Gasteiger charge is 2.26. The number of likely N-dealkylation sites (tertiary alicyclic amines) is 1. The number of anilines is 2. The van der Waals surface area contributed by atoms with Gasteiger partial charge < -0.3 is 16.8 Å². The van der Waals surface area contributed by atoms with Crippen molar-refractivity contribution in [3.63, 3.8) is 0 Å². The highest BCUT2D eigenvalue weighted by molar-refractivity contribution is 8.00. The van der Waals surface area contributed by atoms with Gasteiger partial charge in [-0.25, -0.2) is 9.97 Å². The third kappa shape index (κ3) is 5.09. The Bertz CT molecular complexity index is 736. The summed E-state index contributed by atoms with van der Waals surface area (Å²) in [5.41, 5.74) is 12.6. The molecule has 138 valence electrons. The molecule has 0 spiro atoms. The molecule has 0 unspecified atom stereocenters. The van der Waals surface area contributed by atoms with E-state index in [1.165, 1.54) is 23.4 Å². The first kappa shape index (κ1) is 18.5. The van der Waals surface area contributed by atoms with Crippen LogP contribution in [0, 0.1) is 0 Å². The van der Waals surface area contributed by atoms with Crippen molar-refractivity contribution in [3.8, 4) is 0 Å². The lowest BCUT2D eigenvalue weighted by atomic mass is 10.2. The molecule has 1 aromatic carbocycles. The molecule has 2 atom stereocenters. The fourth-order valence-electron chi connectivity index (χ4n) is 2.98. The van der Waals surface area contributed by atoms with Gasteiger partial charge in [0, 0.05) is 31.7 Å². The lowest BCUT2D eigenvalue weighted by Gasteiger charge is -2.18. The second kappa shape index (κ2) is 8.37. The number of rotatable bonds is 6. The van der Waals surface area contributed by atoms with Crippen molar-refractivity contribution in [1.82, 2.24) is 20.2 Å². The van der Waals surface area contributed by atoms with Crippen LogP contribution in [0.3, 0.4) is 0 Å². The van der Waals surface area contributed by atoms with E-state index in [1.807, 2.05) is 13.0 Å². The molecule has 1 saturated heterocycles. The first-order valence-corrected chi connectivity index (χ1v) is 9.51. The quantitative estimate of drug-likeness (QED) is 0.521. The van der Waals surface area contributed by atoms with Gasteiger partial charge in [-0.05, 0) is 18.9 Å². The summed E-state index contributed by atoms with van der Waals surface area (Å²) in [6.07, 6.45) is 0.956. The molecule has 1 aliphatic rings.